The van der Waals surface area contributed by atoms with Crippen LogP contribution in [0.2, 0.25) is 5.02 Å². The Labute approximate surface area is 147 Å². The predicted molar refractivity (Wildman–Crippen MR) is 97.1 cm³/mol. The molecule has 0 N–H and O–H groups in total. The lowest BCUT2D eigenvalue weighted by molar-refractivity contribution is 0.978. The van der Waals surface area contributed by atoms with Gasteiger partial charge >= 0.3 is 0 Å². The van der Waals surface area contributed by atoms with E-state index in [-0.39, 0.29) is 17.0 Å². The molecule has 2 heterocycles. The fraction of sp³-hybridized carbons (Fsp3) is 0. The van der Waals surface area contributed by atoms with Crippen molar-refractivity contribution in [3.63, 3.8) is 0 Å². The van der Waals surface area contributed by atoms with Crippen LogP contribution in [0.1, 0.15) is 0 Å². The zero-order valence-corrected chi connectivity index (χ0v) is 14.6. The molecule has 0 aliphatic rings. The third-order valence-corrected chi connectivity index (χ3v) is 4.43. The summed E-state index contributed by atoms with van der Waals surface area (Å²) in [6, 6.07) is 17.8. The highest BCUT2D eigenvalue weighted by Gasteiger charge is 2.10. The first-order chi connectivity index (χ1) is 10.3. The van der Waals surface area contributed by atoms with Crippen molar-refractivity contribution in [3.05, 3.63) is 65.8 Å². The fourth-order valence-corrected chi connectivity index (χ4v) is 3.17. The van der Waals surface area contributed by atoms with Crippen LogP contribution in [0.15, 0.2) is 60.8 Å². The molecule has 2 aromatic heterocycles. The molecule has 0 radical (unpaired) electrons. The van der Waals surface area contributed by atoms with Crippen molar-refractivity contribution in [1.82, 2.24) is 14.6 Å². The molecule has 3 nitrogen and oxygen atoms in total. The number of hydrogen-bond donors (Lipinski definition) is 0. The van der Waals surface area contributed by atoms with E-state index < -0.39 is 0 Å². The maximum absolute atomic E-state index is 5.91. The van der Waals surface area contributed by atoms with Crippen LogP contribution in [0, 0.1) is 0 Å². The fourth-order valence-electron chi connectivity index (χ4n) is 2.16. The third-order valence-electron chi connectivity index (χ3n) is 3.20. The minimum absolute atomic E-state index is 0. The van der Waals surface area contributed by atoms with Gasteiger partial charge in [0.05, 0.1) is 11.9 Å². The molecule has 4 aromatic rings. The zero-order valence-electron chi connectivity index (χ0n) is 11.3. The SMILES string of the molecule is Br.Clc1ccc(-c2cn3nc(-c4ccccc4)sc3n2)cc1. The average Bonchev–Trinajstić information content (AvgIpc) is 3.07. The Hall–Kier alpha value is -1.69. The number of benzene rings is 2. The number of rotatable bonds is 2. The molecular formula is C16H11BrClN3S. The largest absolute Gasteiger partial charge is 0.217 e. The molecule has 110 valence electrons. The summed E-state index contributed by atoms with van der Waals surface area (Å²) in [6.45, 7) is 0. The van der Waals surface area contributed by atoms with Crippen LogP contribution in [0.25, 0.3) is 26.8 Å². The van der Waals surface area contributed by atoms with Crippen LogP contribution in [-0.2, 0) is 0 Å². The minimum Gasteiger partial charge on any atom is -0.217 e. The van der Waals surface area contributed by atoms with Crippen LogP contribution < -0.4 is 0 Å². The van der Waals surface area contributed by atoms with Gasteiger partial charge in [-0.1, -0.05) is 65.4 Å². The van der Waals surface area contributed by atoms with E-state index in [2.05, 4.69) is 22.2 Å². The Morgan fingerprint density at radius 3 is 2.32 bits per heavy atom. The summed E-state index contributed by atoms with van der Waals surface area (Å²) in [7, 11) is 0. The van der Waals surface area contributed by atoms with Crippen molar-refractivity contribution >= 4 is 44.9 Å². The maximum Gasteiger partial charge on any atom is 0.213 e. The molecule has 0 unspecified atom stereocenters. The van der Waals surface area contributed by atoms with Gasteiger partial charge in [0.15, 0.2) is 0 Å². The Morgan fingerprint density at radius 2 is 1.64 bits per heavy atom. The second kappa shape index (κ2) is 6.20. The van der Waals surface area contributed by atoms with Crippen LogP contribution in [-0.4, -0.2) is 14.6 Å². The molecule has 0 aliphatic carbocycles. The van der Waals surface area contributed by atoms with Crippen molar-refractivity contribution in [2.24, 2.45) is 0 Å². The Bertz CT molecular complexity index is 869. The number of imidazole rings is 1. The number of halogens is 2. The van der Waals surface area contributed by atoms with Gasteiger partial charge in [-0.05, 0) is 12.1 Å². The standard InChI is InChI=1S/C16H10ClN3S.BrH/c17-13-8-6-11(7-9-13)14-10-20-16(18-14)21-15(19-20)12-4-2-1-3-5-12;/h1-10H;1H. The monoisotopic (exact) mass is 391 g/mol. The Balaban J connectivity index is 0.00000144. The smallest absolute Gasteiger partial charge is 0.213 e. The second-order valence-corrected chi connectivity index (χ2v) is 6.03. The normalized spacial score (nSPS) is 10.6. The van der Waals surface area contributed by atoms with E-state index in [0.717, 1.165) is 31.8 Å². The molecule has 0 aliphatic heterocycles. The lowest BCUT2D eigenvalue weighted by Gasteiger charge is -1.95. The van der Waals surface area contributed by atoms with Crippen LogP contribution in [0.4, 0.5) is 0 Å². The molecule has 6 heteroatoms. The molecule has 0 spiro atoms. The Kier molecular flexibility index (Phi) is 4.29. The predicted octanol–water partition coefficient (Wildman–Crippen LogP) is 5.36. The van der Waals surface area contributed by atoms with Gasteiger partial charge < -0.3 is 0 Å². The van der Waals surface area contributed by atoms with Crippen molar-refractivity contribution < 1.29 is 0 Å². The summed E-state index contributed by atoms with van der Waals surface area (Å²) < 4.78 is 1.83. The van der Waals surface area contributed by atoms with E-state index in [4.69, 9.17) is 11.6 Å². The van der Waals surface area contributed by atoms with Crippen molar-refractivity contribution in [2.75, 3.05) is 0 Å². The topological polar surface area (TPSA) is 30.2 Å². The molecule has 0 atom stereocenters. The van der Waals surface area contributed by atoms with E-state index in [0.29, 0.717) is 0 Å². The maximum atomic E-state index is 5.91. The highest BCUT2D eigenvalue weighted by Crippen LogP contribution is 2.28. The lowest BCUT2D eigenvalue weighted by atomic mass is 10.2. The van der Waals surface area contributed by atoms with Crippen molar-refractivity contribution in [2.45, 2.75) is 0 Å². The number of nitrogens with zero attached hydrogens (tertiary/aromatic N) is 3. The molecule has 2 aromatic carbocycles. The van der Waals surface area contributed by atoms with E-state index in [1.54, 1.807) is 11.3 Å². The molecule has 4 rings (SSSR count). The van der Waals surface area contributed by atoms with Crippen LogP contribution in [0.5, 0.6) is 0 Å². The van der Waals surface area contributed by atoms with E-state index in [1.807, 2.05) is 53.2 Å². The summed E-state index contributed by atoms with van der Waals surface area (Å²) in [5, 5.41) is 6.29. The minimum atomic E-state index is 0. The van der Waals surface area contributed by atoms with Gasteiger partial charge in [-0.2, -0.15) is 5.10 Å². The molecular weight excluding hydrogens is 382 g/mol. The molecule has 0 saturated carbocycles. The zero-order chi connectivity index (χ0) is 14.2. The average molecular weight is 393 g/mol. The van der Waals surface area contributed by atoms with Gasteiger partial charge in [-0.25, -0.2) is 9.50 Å². The number of hydrogen-bond acceptors (Lipinski definition) is 3. The molecule has 22 heavy (non-hydrogen) atoms. The first-order valence-corrected chi connectivity index (χ1v) is 7.67. The van der Waals surface area contributed by atoms with E-state index in [1.165, 1.54) is 0 Å². The quantitative estimate of drug-likeness (QED) is 0.460. The third kappa shape index (κ3) is 2.79. The van der Waals surface area contributed by atoms with Gasteiger partial charge in [-0.3, -0.25) is 0 Å². The van der Waals surface area contributed by atoms with Crippen molar-refractivity contribution in [3.8, 4) is 21.8 Å². The van der Waals surface area contributed by atoms with Gasteiger partial charge in [-0.15, -0.1) is 17.0 Å². The van der Waals surface area contributed by atoms with Gasteiger partial charge in [0.1, 0.15) is 5.01 Å². The summed E-state index contributed by atoms with van der Waals surface area (Å²) in [5.41, 5.74) is 3.06. The molecule has 0 bridgehead atoms. The molecule has 0 amide bonds. The van der Waals surface area contributed by atoms with Gasteiger partial charge in [0.2, 0.25) is 4.96 Å². The second-order valence-electron chi connectivity index (χ2n) is 4.63. The number of fused-ring (bicyclic) bond motifs is 1. The van der Waals surface area contributed by atoms with Crippen molar-refractivity contribution in [1.29, 1.82) is 0 Å². The summed E-state index contributed by atoms with van der Waals surface area (Å²) >= 11 is 7.49. The van der Waals surface area contributed by atoms with E-state index in [9.17, 15) is 0 Å². The first kappa shape index (κ1) is 15.2. The lowest BCUT2D eigenvalue weighted by Crippen LogP contribution is -1.82. The summed E-state index contributed by atoms with van der Waals surface area (Å²) in [4.78, 5) is 5.52. The molecule has 0 saturated heterocycles. The van der Waals surface area contributed by atoms with Crippen LogP contribution >= 0.6 is 39.9 Å². The summed E-state index contributed by atoms with van der Waals surface area (Å²) in [5.74, 6) is 0. The summed E-state index contributed by atoms with van der Waals surface area (Å²) in [6.07, 6.45) is 1.95. The molecule has 0 fully saturated rings. The number of aromatic nitrogens is 3. The Morgan fingerprint density at radius 1 is 0.909 bits per heavy atom. The van der Waals surface area contributed by atoms with E-state index >= 15 is 0 Å². The first-order valence-electron chi connectivity index (χ1n) is 6.47. The highest BCUT2D eigenvalue weighted by atomic mass is 79.9. The van der Waals surface area contributed by atoms with Crippen LogP contribution in [0.3, 0.4) is 0 Å². The highest BCUT2D eigenvalue weighted by molar-refractivity contribution is 8.93. The van der Waals surface area contributed by atoms with Gasteiger partial charge in [0, 0.05) is 16.1 Å². The van der Waals surface area contributed by atoms with Gasteiger partial charge in [0.25, 0.3) is 0 Å².